The van der Waals surface area contributed by atoms with E-state index in [-0.39, 0.29) is 17.6 Å². The zero-order valence-corrected chi connectivity index (χ0v) is 16.6. The third-order valence-electron chi connectivity index (χ3n) is 4.15. The second-order valence-electron chi connectivity index (χ2n) is 7.27. The van der Waals surface area contributed by atoms with E-state index in [9.17, 15) is 13.2 Å². The van der Waals surface area contributed by atoms with Crippen molar-refractivity contribution in [3.8, 4) is 0 Å². The van der Waals surface area contributed by atoms with Crippen LogP contribution in [0.2, 0.25) is 0 Å². The summed E-state index contributed by atoms with van der Waals surface area (Å²) in [6.07, 6.45) is 1.09. The number of rotatable bonds is 5. The molecule has 2 aromatic carbocycles. The normalized spacial score (nSPS) is 11.9. The number of para-hydroxylation sites is 1. The van der Waals surface area contributed by atoms with E-state index in [1.807, 2.05) is 24.3 Å². The number of ether oxygens (including phenoxy) is 1. The summed E-state index contributed by atoms with van der Waals surface area (Å²) in [6.45, 7) is 6.53. The molecular formula is C20H25NO4S. The Hall–Kier alpha value is -2.34. The van der Waals surface area contributed by atoms with Crippen LogP contribution >= 0.6 is 0 Å². The van der Waals surface area contributed by atoms with Crippen molar-refractivity contribution in [1.82, 2.24) is 0 Å². The van der Waals surface area contributed by atoms with Crippen LogP contribution in [-0.2, 0) is 26.8 Å². The summed E-state index contributed by atoms with van der Waals surface area (Å²) < 4.78 is 30.0. The molecule has 140 valence electrons. The molecule has 0 fully saturated rings. The number of benzene rings is 2. The minimum absolute atomic E-state index is 0.0599. The highest BCUT2D eigenvalue weighted by Gasteiger charge is 2.20. The average molecular weight is 375 g/mol. The Balaban J connectivity index is 2.14. The van der Waals surface area contributed by atoms with Gasteiger partial charge in [0.2, 0.25) is 10.0 Å². The lowest BCUT2D eigenvalue weighted by Gasteiger charge is -2.20. The molecule has 0 bridgehead atoms. The average Bonchev–Trinajstić information content (AvgIpc) is 2.57. The zero-order chi connectivity index (χ0) is 19.5. The van der Waals surface area contributed by atoms with E-state index < -0.39 is 16.0 Å². The predicted molar refractivity (Wildman–Crippen MR) is 104 cm³/mol. The number of nitrogens with zero attached hydrogens (tertiary/aromatic N) is 1. The molecular weight excluding hydrogens is 350 g/mol. The molecule has 0 unspecified atom stereocenters. The fourth-order valence-electron chi connectivity index (χ4n) is 2.43. The molecule has 26 heavy (non-hydrogen) atoms. The first kappa shape index (κ1) is 20.0. The molecule has 0 saturated heterocycles. The molecule has 2 aromatic rings. The lowest BCUT2D eigenvalue weighted by atomic mass is 9.87. The lowest BCUT2D eigenvalue weighted by Crippen LogP contribution is -2.26. The second kappa shape index (κ2) is 7.50. The van der Waals surface area contributed by atoms with Gasteiger partial charge in [-0.1, -0.05) is 57.2 Å². The molecule has 0 saturated carbocycles. The summed E-state index contributed by atoms with van der Waals surface area (Å²) in [6, 6.07) is 14.4. The van der Waals surface area contributed by atoms with E-state index in [1.54, 1.807) is 24.3 Å². The molecule has 6 heteroatoms. The molecule has 0 N–H and O–H groups in total. The van der Waals surface area contributed by atoms with Crippen molar-refractivity contribution in [3.63, 3.8) is 0 Å². The number of hydrogen-bond donors (Lipinski definition) is 0. The summed E-state index contributed by atoms with van der Waals surface area (Å²) in [7, 11) is -2.06. The molecule has 0 spiro atoms. The topological polar surface area (TPSA) is 63.7 Å². The van der Waals surface area contributed by atoms with Crippen LogP contribution in [-0.4, -0.2) is 27.7 Å². The van der Waals surface area contributed by atoms with Gasteiger partial charge in [0.1, 0.15) is 6.61 Å². The van der Waals surface area contributed by atoms with Crippen molar-refractivity contribution in [3.05, 3.63) is 65.2 Å². The molecule has 5 nitrogen and oxygen atoms in total. The van der Waals surface area contributed by atoms with Gasteiger partial charge in [-0.2, -0.15) is 0 Å². The summed E-state index contributed by atoms with van der Waals surface area (Å²) >= 11 is 0. The van der Waals surface area contributed by atoms with Crippen molar-refractivity contribution in [2.24, 2.45) is 0 Å². The van der Waals surface area contributed by atoms with Crippen LogP contribution in [0.4, 0.5) is 5.69 Å². The largest absolute Gasteiger partial charge is 0.457 e. The van der Waals surface area contributed by atoms with E-state index in [2.05, 4.69) is 20.8 Å². The summed E-state index contributed by atoms with van der Waals surface area (Å²) in [5.74, 6) is -0.559. The van der Waals surface area contributed by atoms with E-state index in [4.69, 9.17) is 4.74 Å². The number of carbonyl (C=O) groups excluding carboxylic acids is 1. The Labute approximate surface area is 155 Å². The molecule has 0 aliphatic rings. The van der Waals surface area contributed by atoms with Gasteiger partial charge in [-0.05, 0) is 28.7 Å². The third-order valence-corrected chi connectivity index (χ3v) is 5.34. The lowest BCUT2D eigenvalue weighted by molar-refractivity contribution is 0.0473. The van der Waals surface area contributed by atoms with Gasteiger partial charge in [-0.25, -0.2) is 13.2 Å². The molecule has 0 atom stereocenters. The molecule has 0 heterocycles. The Bertz CT molecular complexity index is 881. The Morgan fingerprint density at radius 2 is 1.62 bits per heavy atom. The highest BCUT2D eigenvalue weighted by atomic mass is 32.2. The van der Waals surface area contributed by atoms with Gasteiger partial charge in [0.05, 0.1) is 17.5 Å². The van der Waals surface area contributed by atoms with E-state index in [1.165, 1.54) is 12.6 Å². The summed E-state index contributed by atoms with van der Waals surface area (Å²) in [5.41, 5.74) is 2.65. The van der Waals surface area contributed by atoms with Gasteiger partial charge in [0.15, 0.2) is 0 Å². The predicted octanol–water partition coefficient (Wildman–Crippen LogP) is 3.74. The standard InChI is InChI=1S/C20H25NO4S/c1-20(2,3)16-12-10-15(11-13-16)14-25-19(22)17-8-6-7-9-18(17)21(4)26(5,23)24/h6-13H,14H2,1-5H3. The third kappa shape index (κ3) is 4.85. The van der Waals surface area contributed by atoms with Crippen LogP contribution in [0, 0.1) is 0 Å². The van der Waals surface area contributed by atoms with Gasteiger partial charge in [0.25, 0.3) is 0 Å². The van der Waals surface area contributed by atoms with Crippen LogP contribution in [0.3, 0.4) is 0 Å². The molecule has 0 radical (unpaired) electrons. The van der Waals surface area contributed by atoms with Crippen LogP contribution in [0.25, 0.3) is 0 Å². The van der Waals surface area contributed by atoms with Crippen LogP contribution in [0.15, 0.2) is 48.5 Å². The maximum absolute atomic E-state index is 12.5. The van der Waals surface area contributed by atoms with Gasteiger partial charge in [-0.15, -0.1) is 0 Å². The van der Waals surface area contributed by atoms with Crippen molar-refractivity contribution >= 4 is 21.7 Å². The quantitative estimate of drug-likeness (QED) is 0.747. The second-order valence-corrected chi connectivity index (χ2v) is 9.28. The fourth-order valence-corrected chi connectivity index (χ4v) is 2.94. The maximum Gasteiger partial charge on any atom is 0.340 e. The van der Waals surface area contributed by atoms with Gasteiger partial charge >= 0.3 is 5.97 Å². The van der Waals surface area contributed by atoms with Crippen molar-refractivity contribution in [1.29, 1.82) is 0 Å². The summed E-state index contributed by atoms with van der Waals surface area (Å²) in [5, 5.41) is 0. The fraction of sp³-hybridized carbons (Fsp3) is 0.350. The van der Waals surface area contributed by atoms with Crippen LogP contribution < -0.4 is 4.31 Å². The van der Waals surface area contributed by atoms with Gasteiger partial charge in [-0.3, -0.25) is 4.31 Å². The first-order valence-corrected chi connectivity index (χ1v) is 10.1. The van der Waals surface area contributed by atoms with Gasteiger partial charge in [0, 0.05) is 7.05 Å². The minimum atomic E-state index is -3.47. The molecule has 0 aliphatic carbocycles. The first-order chi connectivity index (χ1) is 12.0. The first-order valence-electron chi connectivity index (χ1n) is 8.29. The van der Waals surface area contributed by atoms with E-state index >= 15 is 0 Å². The molecule has 2 rings (SSSR count). The Kier molecular flexibility index (Phi) is 5.76. The number of hydrogen-bond acceptors (Lipinski definition) is 4. The Morgan fingerprint density at radius 3 is 2.15 bits per heavy atom. The number of carbonyl (C=O) groups is 1. The highest BCUT2D eigenvalue weighted by molar-refractivity contribution is 7.92. The summed E-state index contributed by atoms with van der Waals surface area (Å²) in [4.78, 5) is 12.5. The van der Waals surface area contributed by atoms with Crippen molar-refractivity contribution in [2.75, 3.05) is 17.6 Å². The van der Waals surface area contributed by atoms with E-state index in [0.717, 1.165) is 16.1 Å². The highest BCUT2D eigenvalue weighted by Crippen LogP contribution is 2.24. The van der Waals surface area contributed by atoms with Crippen LogP contribution in [0.1, 0.15) is 42.3 Å². The molecule has 0 aromatic heterocycles. The van der Waals surface area contributed by atoms with Crippen molar-refractivity contribution in [2.45, 2.75) is 32.8 Å². The van der Waals surface area contributed by atoms with E-state index in [0.29, 0.717) is 5.69 Å². The molecule has 0 aliphatic heterocycles. The monoisotopic (exact) mass is 375 g/mol. The van der Waals surface area contributed by atoms with Crippen molar-refractivity contribution < 1.29 is 17.9 Å². The zero-order valence-electron chi connectivity index (χ0n) is 15.8. The smallest absolute Gasteiger partial charge is 0.340 e. The van der Waals surface area contributed by atoms with Gasteiger partial charge < -0.3 is 4.74 Å². The number of esters is 1. The maximum atomic E-state index is 12.5. The SMILES string of the molecule is CN(c1ccccc1C(=O)OCc1ccc(C(C)(C)C)cc1)S(C)(=O)=O. The molecule has 0 amide bonds. The Morgan fingerprint density at radius 1 is 1.04 bits per heavy atom. The number of sulfonamides is 1. The number of anilines is 1. The minimum Gasteiger partial charge on any atom is -0.457 e. The van der Waals surface area contributed by atoms with Crippen LogP contribution in [0.5, 0.6) is 0 Å².